The number of thiophene rings is 1. The average molecular weight is 501 g/mol. The van der Waals surface area contributed by atoms with Crippen LogP contribution in [0, 0.1) is 5.92 Å². The molecule has 0 saturated carbocycles. The molecule has 1 atom stereocenters. The van der Waals surface area contributed by atoms with Crippen molar-refractivity contribution in [2.24, 2.45) is 5.92 Å². The summed E-state index contributed by atoms with van der Waals surface area (Å²) in [4.78, 5) is 17.3. The van der Waals surface area contributed by atoms with Crippen LogP contribution in [0.25, 0.3) is 11.4 Å². The maximum Gasteiger partial charge on any atom is 0.252 e. The summed E-state index contributed by atoms with van der Waals surface area (Å²) >= 11 is 1.16. The first-order valence-electron chi connectivity index (χ1n) is 11.8. The number of nitrogens with zero attached hydrogens (tertiary/aromatic N) is 3. The zero-order chi connectivity index (χ0) is 23.7. The van der Waals surface area contributed by atoms with Crippen LogP contribution in [-0.2, 0) is 27.7 Å². The summed E-state index contributed by atoms with van der Waals surface area (Å²) in [6.45, 7) is 2.58. The molecule has 1 aliphatic carbocycles. The van der Waals surface area contributed by atoms with Crippen molar-refractivity contribution < 1.29 is 17.7 Å². The van der Waals surface area contributed by atoms with E-state index in [0.717, 1.165) is 30.6 Å². The molecule has 1 amide bonds. The molecule has 1 N–H and O–H groups in total. The van der Waals surface area contributed by atoms with Gasteiger partial charge in [-0.05, 0) is 49.3 Å². The molecule has 8 nitrogen and oxygen atoms in total. The average Bonchev–Trinajstić information content (AvgIpc) is 3.54. The number of nitrogens with one attached hydrogen (secondary N) is 1. The molecule has 2 aromatic heterocycles. The van der Waals surface area contributed by atoms with Gasteiger partial charge in [0, 0.05) is 36.4 Å². The molecule has 1 unspecified atom stereocenters. The van der Waals surface area contributed by atoms with Gasteiger partial charge >= 0.3 is 0 Å². The van der Waals surface area contributed by atoms with Crippen molar-refractivity contribution in [1.82, 2.24) is 19.8 Å². The van der Waals surface area contributed by atoms with Crippen molar-refractivity contribution >= 4 is 27.3 Å². The lowest BCUT2D eigenvalue weighted by atomic mass is 9.87. The van der Waals surface area contributed by atoms with Crippen molar-refractivity contribution in [3.8, 4) is 11.4 Å². The minimum Gasteiger partial charge on any atom is -0.349 e. The monoisotopic (exact) mass is 500 g/mol. The number of benzene rings is 1. The number of carbonyl (C=O) groups is 1. The summed E-state index contributed by atoms with van der Waals surface area (Å²) < 4.78 is 33.3. The van der Waals surface area contributed by atoms with Crippen LogP contribution in [0.2, 0.25) is 0 Å². The summed E-state index contributed by atoms with van der Waals surface area (Å²) in [5.74, 6) is 0.768. The molecule has 1 aliphatic heterocycles. The number of rotatable bonds is 6. The summed E-state index contributed by atoms with van der Waals surface area (Å²) in [5, 5.41) is 8.89. The Morgan fingerprint density at radius 1 is 1.24 bits per heavy atom. The Morgan fingerprint density at radius 3 is 2.79 bits per heavy atom. The summed E-state index contributed by atoms with van der Waals surface area (Å²) in [7, 11) is -3.63. The highest BCUT2D eigenvalue weighted by molar-refractivity contribution is 7.91. The lowest BCUT2D eigenvalue weighted by Crippen LogP contribution is -2.43. The third kappa shape index (κ3) is 4.54. The van der Waals surface area contributed by atoms with Crippen LogP contribution in [0.4, 0.5) is 0 Å². The first-order valence-corrected chi connectivity index (χ1v) is 14.1. The number of piperidine rings is 1. The van der Waals surface area contributed by atoms with Gasteiger partial charge in [0.15, 0.2) is 0 Å². The predicted octanol–water partition coefficient (Wildman–Crippen LogP) is 3.96. The van der Waals surface area contributed by atoms with Crippen LogP contribution in [0.1, 0.15) is 55.7 Å². The van der Waals surface area contributed by atoms with Crippen LogP contribution in [-0.4, -0.2) is 41.9 Å². The van der Waals surface area contributed by atoms with E-state index in [2.05, 4.69) is 27.6 Å². The molecular weight excluding hydrogens is 472 g/mol. The van der Waals surface area contributed by atoms with Crippen LogP contribution in [0.5, 0.6) is 0 Å². The number of aromatic nitrogens is 2. The van der Waals surface area contributed by atoms with Gasteiger partial charge in [-0.2, -0.15) is 9.29 Å². The second-order valence-corrected chi connectivity index (χ2v) is 11.9. The van der Waals surface area contributed by atoms with E-state index in [1.165, 1.54) is 15.4 Å². The smallest absolute Gasteiger partial charge is 0.252 e. The van der Waals surface area contributed by atoms with E-state index in [-0.39, 0.29) is 22.1 Å². The highest BCUT2D eigenvalue weighted by Gasteiger charge is 2.34. The van der Waals surface area contributed by atoms with E-state index >= 15 is 0 Å². The summed E-state index contributed by atoms with van der Waals surface area (Å²) in [5.41, 5.74) is 3.15. The number of carbonyl (C=O) groups excluding carboxylic acids is 1. The van der Waals surface area contributed by atoms with Gasteiger partial charge in [-0.3, -0.25) is 4.79 Å². The van der Waals surface area contributed by atoms with Gasteiger partial charge in [-0.25, -0.2) is 8.42 Å². The standard InChI is InChI=1S/C24H28N4O4S2/c1-2-21-26-23(27-32-21)18-14-22(33-15-18)34(30,31)28-12-10-17(11-13-28)24(29)25-20-9-5-7-16-6-3-4-8-19(16)20/h3-4,6,8,14-15,17,20H,2,5,7,9-13H2,1H3,(H,25,29). The third-order valence-electron chi connectivity index (χ3n) is 6.71. The zero-order valence-electron chi connectivity index (χ0n) is 19.1. The fourth-order valence-corrected chi connectivity index (χ4v) is 7.54. The maximum atomic E-state index is 13.2. The molecule has 34 heavy (non-hydrogen) atoms. The topological polar surface area (TPSA) is 105 Å². The van der Waals surface area contributed by atoms with E-state index in [0.29, 0.717) is 49.6 Å². The fraction of sp³-hybridized carbons (Fsp3) is 0.458. The first kappa shape index (κ1) is 23.2. The minimum atomic E-state index is -3.63. The molecule has 3 heterocycles. The highest BCUT2D eigenvalue weighted by Crippen LogP contribution is 2.33. The molecule has 10 heteroatoms. The van der Waals surface area contributed by atoms with Crippen LogP contribution in [0.15, 0.2) is 44.4 Å². The normalized spacial score (nSPS) is 19.6. The Bertz CT molecular complexity index is 1280. The second kappa shape index (κ2) is 9.59. The molecule has 1 saturated heterocycles. The van der Waals surface area contributed by atoms with Crippen LogP contribution in [0.3, 0.4) is 0 Å². The van der Waals surface area contributed by atoms with Crippen molar-refractivity contribution in [1.29, 1.82) is 0 Å². The van der Waals surface area contributed by atoms with Gasteiger partial charge in [-0.15, -0.1) is 11.3 Å². The summed E-state index contributed by atoms with van der Waals surface area (Å²) in [6, 6.07) is 9.94. The van der Waals surface area contributed by atoms with Gasteiger partial charge in [0.2, 0.25) is 17.6 Å². The molecule has 180 valence electrons. The van der Waals surface area contributed by atoms with E-state index in [9.17, 15) is 13.2 Å². The summed E-state index contributed by atoms with van der Waals surface area (Å²) in [6.07, 6.45) is 4.71. The number of aryl methyl sites for hydroxylation is 2. The Morgan fingerprint density at radius 2 is 2.03 bits per heavy atom. The minimum absolute atomic E-state index is 0.0287. The molecule has 0 radical (unpaired) electrons. The molecule has 5 rings (SSSR count). The van der Waals surface area contributed by atoms with Crippen molar-refractivity contribution in [3.05, 3.63) is 52.7 Å². The third-order valence-corrected chi connectivity index (χ3v) is 10.0. The van der Waals surface area contributed by atoms with Gasteiger partial charge in [-0.1, -0.05) is 36.3 Å². The van der Waals surface area contributed by atoms with E-state index in [1.54, 1.807) is 11.4 Å². The van der Waals surface area contributed by atoms with E-state index in [4.69, 9.17) is 4.52 Å². The highest BCUT2D eigenvalue weighted by atomic mass is 32.2. The molecular formula is C24H28N4O4S2. The molecule has 0 spiro atoms. The largest absolute Gasteiger partial charge is 0.349 e. The van der Waals surface area contributed by atoms with Crippen molar-refractivity contribution in [3.63, 3.8) is 0 Å². The van der Waals surface area contributed by atoms with Crippen LogP contribution >= 0.6 is 11.3 Å². The molecule has 3 aromatic rings. The van der Waals surface area contributed by atoms with E-state index in [1.807, 2.05) is 19.1 Å². The van der Waals surface area contributed by atoms with Gasteiger partial charge in [0.05, 0.1) is 6.04 Å². The molecule has 2 aliphatic rings. The number of fused-ring (bicyclic) bond motifs is 1. The van der Waals surface area contributed by atoms with Gasteiger partial charge in [0.1, 0.15) is 4.21 Å². The Kier molecular flexibility index (Phi) is 6.54. The van der Waals surface area contributed by atoms with Gasteiger partial charge < -0.3 is 9.84 Å². The van der Waals surface area contributed by atoms with Crippen LogP contribution < -0.4 is 5.32 Å². The van der Waals surface area contributed by atoms with Gasteiger partial charge in [0.25, 0.3) is 10.0 Å². The van der Waals surface area contributed by atoms with Crippen molar-refractivity contribution in [2.45, 2.75) is 55.7 Å². The Balaban J connectivity index is 1.21. The first-order chi connectivity index (χ1) is 16.5. The second-order valence-electron chi connectivity index (χ2n) is 8.85. The zero-order valence-corrected chi connectivity index (χ0v) is 20.7. The van der Waals surface area contributed by atoms with E-state index < -0.39 is 10.0 Å². The number of sulfonamides is 1. The lowest BCUT2D eigenvalue weighted by Gasteiger charge is -2.32. The molecule has 1 aromatic carbocycles. The Labute approximate surface area is 203 Å². The predicted molar refractivity (Wildman–Crippen MR) is 129 cm³/mol. The fourth-order valence-electron chi connectivity index (χ4n) is 4.76. The number of hydrogen-bond donors (Lipinski definition) is 1. The Hall–Kier alpha value is -2.56. The number of amides is 1. The SMILES string of the molecule is CCc1nc(-c2csc(S(=O)(=O)N3CCC(C(=O)NC4CCCc5ccccc54)CC3)c2)no1. The molecule has 1 fully saturated rings. The van der Waals surface area contributed by atoms with Crippen molar-refractivity contribution in [2.75, 3.05) is 13.1 Å². The maximum absolute atomic E-state index is 13.2. The number of hydrogen-bond acceptors (Lipinski definition) is 7. The quantitative estimate of drug-likeness (QED) is 0.549. The lowest BCUT2D eigenvalue weighted by molar-refractivity contribution is -0.127. The molecule has 0 bridgehead atoms.